The molecule has 1 aliphatic rings. The van der Waals surface area contributed by atoms with Gasteiger partial charge >= 0.3 is 0 Å². The zero-order chi connectivity index (χ0) is 10.3. The smallest absolute Gasteiger partial charge is 0.156 e. The van der Waals surface area contributed by atoms with Crippen molar-refractivity contribution in [2.45, 2.75) is 30.7 Å². The molecule has 3 nitrogen and oxygen atoms in total. The van der Waals surface area contributed by atoms with Gasteiger partial charge in [-0.3, -0.25) is 0 Å². The van der Waals surface area contributed by atoms with Crippen LogP contribution in [0.15, 0.2) is 17.3 Å². The molecule has 2 aromatic rings. The first kappa shape index (κ1) is 9.21. The summed E-state index contributed by atoms with van der Waals surface area (Å²) in [5.41, 5.74) is 3.64. The van der Waals surface area contributed by atoms with Gasteiger partial charge in [-0.15, -0.1) is 11.8 Å². The summed E-state index contributed by atoms with van der Waals surface area (Å²) < 4.78 is 1.91. The van der Waals surface area contributed by atoms with E-state index >= 15 is 0 Å². The van der Waals surface area contributed by atoms with Crippen LogP contribution in [-0.2, 0) is 12.8 Å². The van der Waals surface area contributed by atoms with Crippen LogP contribution in [0.25, 0.3) is 5.65 Å². The number of nitrogens with zero attached hydrogens (tertiary/aromatic N) is 3. The summed E-state index contributed by atoms with van der Waals surface area (Å²) in [6, 6.07) is 2.06. The summed E-state index contributed by atoms with van der Waals surface area (Å²) in [6.07, 6.45) is 9.05. The number of rotatable bonds is 1. The summed E-state index contributed by atoms with van der Waals surface area (Å²) >= 11 is 1.67. The summed E-state index contributed by atoms with van der Waals surface area (Å²) in [6.45, 7) is 0. The average molecular weight is 219 g/mol. The third-order valence-corrected chi connectivity index (χ3v) is 3.53. The van der Waals surface area contributed by atoms with Crippen molar-refractivity contribution in [3.63, 3.8) is 0 Å². The van der Waals surface area contributed by atoms with Gasteiger partial charge in [-0.1, -0.05) is 0 Å². The lowest BCUT2D eigenvalue weighted by molar-refractivity contribution is 0.659. The Bertz CT molecular complexity index is 461. The Labute approximate surface area is 92.9 Å². The highest BCUT2D eigenvalue weighted by atomic mass is 32.2. The van der Waals surface area contributed by atoms with Crippen LogP contribution < -0.4 is 0 Å². The molecule has 1 aliphatic carbocycles. The topological polar surface area (TPSA) is 30.2 Å². The van der Waals surface area contributed by atoms with Gasteiger partial charge in [0.2, 0.25) is 0 Å². The average Bonchev–Trinajstić information content (AvgIpc) is 2.67. The molecule has 0 aliphatic heterocycles. The zero-order valence-electron chi connectivity index (χ0n) is 8.73. The third kappa shape index (κ3) is 1.53. The van der Waals surface area contributed by atoms with Crippen LogP contribution in [0.3, 0.4) is 0 Å². The monoisotopic (exact) mass is 219 g/mol. The van der Waals surface area contributed by atoms with E-state index < -0.39 is 0 Å². The van der Waals surface area contributed by atoms with Crippen molar-refractivity contribution in [2.75, 3.05) is 6.26 Å². The van der Waals surface area contributed by atoms with Crippen molar-refractivity contribution < 1.29 is 0 Å². The van der Waals surface area contributed by atoms with Gasteiger partial charge in [-0.05, 0) is 37.5 Å². The van der Waals surface area contributed by atoms with Gasteiger partial charge < -0.3 is 0 Å². The standard InChI is InChI=1S/C11H13N3S/c1-15-11-6-10-12-9-5-3-2-4-8(9)7-14(10)13-11/h6-7H,2-5H2,1H3. The fourth-order valence-corrected chi connectivity index (χ4v) is 2.50. The van der Waals surface area contributed by atoms with Crippen LogP contribution in [0.5, 0.6) is 0 Å². The predicted octanol–water partition coefficient (Wildman–Crippen LogP) is 2.33. The van der Waals surface area contributed by atoms with E-state index in [2.05, 4.69) is 22.3 Å². The molecule has 15 heavy (non-hydrogen) atoms. The van der Waals surface area contributed by atoms with Crippen LogP contribution in [0, 0.1) is 0 Å². The fourth-order valence-electron chi connectivity index (χ4n) is 2.11. The van der Waals surface area contributed by atoms with E-state index in [1.807, 2.05) is 10.8 Å². The van der Waals surface area contributed by atoms with E-state index in [0.717, 1.165) is 23.5 Å². The van der Waals surface area contributed by atoms with Gasteiger partial charge in [0.25, 0.3) is 0 Å². The van der Waals surface area contributed by atoms with Crippen molar-refractivity contribution in [1.82, 2.24) is 14.6 Å². The normalized spacial score (nSPS) is 15.5. The molecule has 3 rings (SSSR count). The van der Waals surface area contributed by atoms with Crippen molar-refractivity contribution in [1.29, 1.82) is 0 Å². The van der Waals surface area contributed by atoms with Crippen molar-refractivity contribution in [3.8, 4) is 0 Å². The molecule has 0 atom stereocenters. The van der Waals surface area contributed by atoms with Gasteiger partial charge in [0.1, 0.15) is 5.03 Å². The lowest BCUT2D eigenvalue weighted by Gasteiger charge is -2.13. The molecule has 2 heterocycles. The molecule has 0 spiro atoms. The SMILES string of the molecule is CSc1cc2nc3c(cn2n1)CCCC3. The van der Waals surface area contributed by atoms with Crippen LogP contribution in [-0.4, -0.2) is 20.9 Å². The van der Waals surface area contributed by atoms with Gasteiger partial charge in [0.15, 0.2) is 5.65 Å². The second-order valence-electron chi connectivity index (χ2n) is 3.91. The lowest BCUT2D eigenvalue weighted by Crippen LogP contribution is -2.07. The van der Waals surface area contributed by atoms with E-state index in [-0.39, 0.29) is 0 Å². The van der Waals surface area contributed by atoms with E-state index in [4.69, 9.17) is 0 Å². The quantitative estimate of drug-likeness (QED) is 0.690. The highest BCUT2D eigenvalue weighted by molar-refractivity contribution is 7.98. The fraction of sp³-hybridized carbons (Fsp3) is 0.455. The molecule has 0 fully saturated rings. The van der Waals surface area contributed by atoms with Crippen molar-refractivity contribution in [3.05, 3.63) is 23.5 Å². The Morgan fingerprint density at radius 3 is 3.07 bits per heavy atom. The van der Waals surface area contributed by atoms with E-state index in [1.165, 1.54) is 24.1 Å². The van der Waals surface area contributed by atoms with Gasteiger partial charge in [-0.2, -0.15) is 5.10 Å². The summed E-state index contributed by atoms with van der Waals surface area (Å²) in [5, 5.41) is 5.50. The highest BCUT2D eigenvalue weighted by Gasteiger charge is 2.12. The number of aromatic nitrogens is 3. The first-order chi connectivity index (χ1) is 7.36. The van der Waals surface area contributed by atoms with Crippen LogP contribution in [0.1, 0.15) is 24.1 Å². The van der Waals surface area contributed by atoms with E-state index in [1.54, 1.807) is 11.8 Å². The second kappa shape index (κ2) is 3.52. The molecular weight excluding hydrogens is 206 g/mol. The van der Waals surface area contributed by atoms with Crippen LogP contribution in [0.4, 0.5) is 0 Å². The number of hydrogen-bond donors (Lipinski definition) is 0. The maximum atomic E-state index is 4.67. The first-order valence-corrected chi connectivity index (χ1v) is 6.51. The minimum absolute atomic E-state index is 0.986. The molecule has 4 heteroatoms. The lowest BCUT2D eigenvalue weighted by atomic mass is 9.98. The molecule has 0 unspecified atom stereocenters. The zero-order valence-corrected chi connectivity index (χ0v) is 9.55. The molecule has 0 aromatic carbocycles. The maximum Gasteiger partial charge on any atom is 0.156 e. The van der Waals surface area contributed by atoms with Crippen LogP contribution >= 0.6 is 11.8 Å². The van der Waals surface area contributed by atoms with Crippen molar-refractivity contribution in [2.24, 2.45) is 0 Å². The Balaban J connectivity index is 2.19. The van der Waals surface area contributed by atoms with Gasteiger partial charge in [0.05, 0.1) is 0 Å². The highest BCUT2D eigenvalue weighted by Crippen LogP contribution is 2.21. The Kier molecular flexibility index (Phi) is 2.16. The summed E-state index contributed by atoms with van der Waals surface area (Å²) in [5.74, 6) is 0. The number of fused-ring (bicyclic) bond motifs is 2. The molecule has 2 aromatic heterocycles. The molecule has 0 amide bonds. The van der Waals surface area contributed by atoms with Gasteiger partial charge in [0, 0.05) is 18.0 Å². The molecule has 0 radical (unpaired) electrons. The Hall–Kier alpha value is -1.03. The maximum absolute atomic E-state index is 4.67. The number of thioether (sulfide) groups is 1. The minimum Gasteiger partial charge on any atom is -0.233 e. The molecule has 78 valence electrons. The largest absolute Gasteiger partial charge is 0.233 e. The molecule has 0 bridgehead atoms. The van der Waals surface area contributed by atoms with Crippen LogP contribution in [0.2, 0.25) is 0 Å². The van der Waals surface area contributed by atoms with Crippen molar-refractivity contribution >= 4 is 17.4 Å². The van der Waals surface area contributed by atoms with Gasteiger partial charge in [-0.25, -0.2) is 9.50 Å². The van der Waals surface area contributed by atoms with E-state index in [0.29, 0.717) is 0 Å². The third-order valence-electron chi connectivity index (χ3n) is 2.91. The molecule has 0 saturated carbocycles. The Morgan fingerprint density at radius 1 is 1.33 bits per heavy atom. The molecule has 0 N–H and O–H groups in total. The summed E-state index contributed by atoms with van der Waals surface area (Å²) in [7, 11) is 0. The summed E-state index contributed by atoms with van der Waals surface area (Å²) in [4.78, 5) is 4.67. The first-order valence-electron chi connectivity index (χ1n) is 5.29. The minimum atomic E-state index is 0.986. The molecular formula is C11H13N3S. The Morgan fingerprint density at radius 2 is 2.20 bits per heavy atom. The molecule has 0 saturated heterocycles. The second-order valence-corrected chi connectivity index (χ2v) is 4.74. The number of hydrogen-bond acceptors (Lipinski definition) is 3. The van der Waals surface area contributed by atoms with E-state index in [9.17, 15) is 0 Å². The predicted molar refractivity (Wildman–Crippen MR) is 61.4 cm³/mol. The number of aryl methyl sites for hydroxylation is 2.